The molecule has 1 aliphatic heterocycles. The molecule has 4 rings (SSSR count). The first-order chi connectivity index (χ1) is 13.7. The van der Waals surface area contributed by atoms with Gasteiger partial charge in [-0.1, -0.05) is 61.4 Å². The maximum Gasteiger partial charge on any atom is 0.0196 e. The van der Waals surface area contributed by atoms with Gasteiger partial charge in [-0.05, 0) is 98.3 Å². The highest BCUT2D eigenvalue weighted by Crippen LogP contribution is 2.27. The first kappa shape index (κ1) is 19.5. The molecule has 1 heteroatoms. The molecule has 1 heterocycles. The molecule has 0 radical (unpaired) electrons. The summed E-state index contributed by atoms with van der Waals surface area (Å²) >= 11 is 0. The van der Waals surface area contributed by atoms with Gasteiger partial charge in [-0.25, -0.2) is 0 Å². The van der Waals surface area contributed by atoms with Gasteiger partial charge in [-0.3, -0.25) is 4.90 Å². The third-order valence-electron chi connectivity index (χ3n) is 6.65. The quantitative estimate of drug-likeness (QED) is 0.586. The number of hydrogen-bond acceptors (Lipinski definition) is 1. The molecule has 2 aliphatic rings. The van der Waals surface area contributed by atoms with E-state index in [2.05, 4.69) is 61.2 Å². The van der Waals surface area contributed by atoms with Crippen LogP contribution in [-0.4, -0.2) is 24.5 Å². The van der Waals surface area contributed by atoms with Crippen LogP contribution in [0.3, 0.4) is 0 Å². The summed E-state index contributed by atoms with van der Waals surface area (Å²) in [6.45, 7) is 8.25. The number of piperidine rings is 1. The van der Waals surface area contributed by atoms with Crippen molar-refractivity contribution in [2.75, 3.05) is 19.6 Å². The van der Waals surface area contributed by atoms with Gasteiger partial charge in [0.15, 0.2) is 0 Å². The van der Waals surface area contributed by atoms with Gasteiger partial charge < -0.3 is 0 Å². The van der Waals surface area contributed by atoms with Crippen LogP contribution in [0.15, 0.2) is 42.0 Å². The third kappa shape index (κ3) is 4.75. The van der Waals surface area contributed by atoms with E-state index < -0.39 is 0 Å². The summed E-state index contributed by atoms with van der Waals surface area (Å²) < 4.78 is 0. The highest BCUT2D eigenvalue weighted by atomic mass is 15.1. The van der Waals surface area contributed by atoms with E-state index in [1.165, 1.54) is 79.6 Å². The second kappa shape index (κ2) is 9.09. The van der Waals surface area contributed by atoms with Crippen molar-refractivity contribution in [2.45, 2.75) is 65.2 Å². The molecular weight excluding hydrogens is 338 g/mol. The average Bonchev–Trinajstić information content (AvgIpc) is 2.74. The fourth-order valence-corrected chi connectivity index (χ4v) is 4.84. The number of hydrogen-bond donors (Lipinski definition) is 0. The average molecular weight is 374 g/mol. The van der Waals surface area contributed by atoms with E-state index >= 15 is 0 Å². The molecule has 1 fully saturated rings. The first-order valence-corrected chi connectivity index (χ1v) is 11.3. The molecule has 1 saturated heterocycles. The molecule has 28 heavy (non-hydrogen) atoms. The van der Waals surface area contributed by atoms with E-state index in [1.807, 2.05) is 0 Å². The van der Waals surface area contributed by atoms with Crippen LogP contribution >= 0.6 is 0 Å². The van der Waals surface area contributed by atoms with E-state index in [0.717, 1.165) is 19.3 Å². The summed E-state index contributed by atoms with van der Waals surface area (Å²) in [6, 6.07) is 14.2. The van der Waals surface area contributed by atoms with Crippen LogP contribution < -0.4 is 0 Å². The Balaban J connectivity index is 1.39. The normalized spacial score (nSPS) is 17.3. The first-order valence-electron chi connectivity index (χ1n) is 11.3. The second-order valence-electron chi connectivity index (χ2n) is 8.79. The predicted molar refractivity (Wildman–Crippen MR) is 121 cm³/mol. The van der Waals surface area contributed by atoms with Crippen molar-refractivity contribution in [1.82, 2.24) is 4.90 Å². The Hall–Kier alpha value is -1.86. The van der Waals surface area contributed by atoms with E-state index in [0.29, 0.717) is 0 Å². The molecule has 0 amide bonds. The van der Waals surface area contributed by atoms with Crippen LogP contribution in [0.2, 0.25) is 0 Å². The Morgan fingerprint density at radius 3 is 2.39 bits per heavy atom. The van der Waals surface area contributed by atoms with Crippen LogP contribution in [0.1, 0.15) is 66.0 Å². The van der Waals surface area contributed by atoms with Crippen LogP contribution in [0.5, 0.6) is 0 Å². The lowest BCUT2D eigenvalue weighted by Gasteiger charge is -2.29. The van der Waals surface area contributed by atoms with Crippen molar-refractivity contribution in [3.8, 4) is 0 Å². The van der Waals surface area contributed by atoms with Crippen molar-refractivity contribution in [1.29, 1.82) is 0 Å². The molecule has 0 spiro atoms. The largest absolute Gasteiger partial charge is 0.299 e. The number of nitrogens with zero attached hydrogens (tertiary/aromatic N) is 1. The molecule has 0 aromatic heterocycles. The minimum atomic E-state index is 1.13. The lowest BCUT2D eigenvalue weighted by atomic mass is 9.89. The molecule has 2 aromatic rings. The number of rotatable bonds is 6. The molecule has 1 aliphatic carbocycles. The zero-order valence-electron chi connectivity index (χ0n) is 17.8. The molecule has 0 saturated carbocycles. The fraction of sp³-hybridized carbons (Fsp3) is 0.481. The highest BCUT2D eigenvalue weighted by Gasteiger charge is 2.15. The SMILES string of the molecule is CCc1cc(CCc2ccc3c(c2)CCC(CN2CCCCC2)=C3)ccc1C. The molecule has 0 atom stereocenters. The van der Waals surface area contributed by atoms with Gasteiger partial charge in [0, 0.05) is 6.54 Å². The van der Waals surface area contributed by atoms with Gasteiger partial charge in [0.05, 0.1) is 0 Å². The number of likely N-dealkylation sites (tertiary alicyclic amines) is 1. The summed E-state index contributed by atoms with van der Waals surface area (Å²) in [6.07, 6.45) is 12.5. The van der Waals surface area contributed by atoms with E-state index in [1.54, 1.807) is 11.1 Å². The van der Waals surface area contributed by atoms with Crippen LogP contribution in [0.25, 0.3) is 6.08 Å². The number of benzene rings is 2. The zero-order chi connectivity index (χ0) is 19.3. The molecule has 1 nitrogen and oxygen atoms in total. The Labute approximate surface area is 171 Å². The molecular formula is C27H35N. The van der Waals surface area contributed by atoms with Gasteiger partial charge in [0.2, 0.25) is 0 Å². The Bertz CT molecular complexity index is 839. The van der Waals surface area contributed by atoms with Crippen molar-refractivity contribution in [3.63, 3.8) is 0 Å². The third-order valence-corrected chi connectivity index (χ3v) is 6.65. The summed E-state index contributed by atoms with van der Waals surface area (Å²) in [5, 5.41) is 0. The summed E-state index contributed by atoms with van der Waals surface area (Å²) in [4.78, 5) is 2.65. The lowest BCUT2D eigenvalue weighted by molar-refractivity contribution is 0.245. The standard InChI is InChI=1S/C27H35N/c1-3-25-17-22(8-7-21(25)2)9-10-23-11-13-27-19-24(12-14-26(27)18-23)20-28-15-5-4-6-16-28/h7-8,11,13,17-19H,3-6,9-10,12,14-16,20H2,1-2H3. The van der Waals surface area contributed by atoms with E-state index in [-0.39, 0.29) is 0 Å². The van der Waals surface area contributed by atoms with Crippen LogP contribution in [-0.2, 0) is 25.7 Å². The zero-order valence-corrected chi connectivity index (χ0v) is 17.8. The summed E-state index contributed by atoms with van der Waals surface area (Å²) in [5.74, 6) is 0. The van der Waals surface area contributed by atoms with Gasteiger partial charge in [0.1, 0.15) is 0 Å². The van der Waals surface area contributed by atoms with Crippen molar-refractivity contribution in [2.24, 2.45) is 0 Å². The van der Waals surface area contributed by atoms with Gasteiger partial charge >= 0.3 is 0 Å². The van der Waals surface area contributed by atoms with Gasteiger partial charge in [-0.2, -0.15) is 0 Å². The van der Waals surface area contributed by atoms with E-state index in [4.69, 9.17) is 0 Å². The van der Waals surface area contributed by atoms with Crippen LogP contribution in [0.4, 0.5) is 0 Å². The smallest absolute Gasteiger partial charge is 0.0196 e. The number of aryl methyl sites for hydroxylation is 5. The van der Waals surface area contributed by atoms with E-state index in [9.17, 15) is 0 Å². The molecule has 2 aromatic carbocycles. The predicted octanol–water partition coefficient (Wildman–Crippen LogP) is 6.16. The Morgan fingerprint density at radius 2 is 1.61 bits per heavy atom. The topological polar surface area (TPSA) is 3.24 Å². The Morgan fingerprint density at radius 1 is 0.857 bits per heavy atom. The van der Waals surface area contributed by atoms with Crippen LogP contribution in [0, 0.1) is 6.92 Å². The van der Waals surface area contributed by atoms with Crippen molar-refractivity contribution >= 4 is 6.08 Å². The highest BCUT2D eigenvalue weighted by molar-refractivity contribution is 5.60. The Kier molecular flexibility index (Phi) is 6.32. The van der Waals surface area contributed by atoms with Crippen molar-refractivity contribution < 1.29 is 0 Å². The minimum absolute atomic E-state index is 1.13. The fourth-order valence-electron chi connectivity index (χ4n) is 4.84. The summed E-state index contributed by atoms with van der Waals surface area (Å²) in [5.41, 5.74) is 10.5. The molecule has 0 unspecified atom stereocenters. The second-order valence-corrected chi connectivity index (χ2v) is 8.79. The molecule has 0 N–H and O–H groups in total. The maximum atomic E-state index is 2.65. The minimum Gasteiger partial charge on any atom is -0.299 e. The molecule has 0 bridgehead atoms. The maximum absolute atomic E-state index is 2.65. The van der Waals surface area contributed by atoms with Crippen molar-refractivity contribution in [3.05, 3.63) is 75.4 Å². The number of fused-ring (bicyclic) bond motifs is 1. The lowest BCUT2D eigenvalue weighted by Crippen LogP contribution is -2.31. The monoisotopic (exact) mass is 373 g/mol. The van der Waals surface area contributed by atoms with Gasteiger partial charge in [0.25, 0.3) is 0 Å². The molecule has 148 valence electrons. The van der Waals surface area contributed by atoms with Gasteiger partial charge in [-0.15, -0.1) is 0 Å². The summed E-state index contributed by atoms with van der Waals surface area (Å²) in [7, 11) is 0.